The van der Waals surface area contributed by atoms with Crippen molar-refractivity contribution in [1.29, 1.82) is 0 Å². The molecule has 0 N–H and O–H groups in total. The number of ether oxygens (including phenoxy) is 1. The van der Waals surface area contributed by atoms with Crippen LogP contribution in [0.25, 0.3) is 0 Å². The lowest BCUT2D eigenvalue weighted by molar-refractivity contribution is 0.118. The quantitative estimate of drug-likeness (QED) is 0.798. The Bertz CT molecular complexity index is 341. The number of halogens is 1. The van der Waals surface area contributed by atoms with Gasteiger partial charge in [0, 0.05) is 25.2 Å². The molecule has 1 saturated heterocycles. The molecular weight excluding hydrogens is 268 g/mol. The molecule has 2 heterocycles. The van der Waals surface area contributed by atoms with Gasteiger partial charge in [-0.05, 0) is 25.0 Å². The third-order valence-electron chi connectivity index (χ3n) is 3.16. The van der Waals surface area contributed by atoms with Crippen LogP contribution in [0, 0.1) is 0 Å². The smallest absolute Gasteiger partial charge is 0.128 e. The number of likely N-dealkylation sites (N-methyl/N-ethyl adjacent to an activating group) is 1. The van der Waals surface area contributed by atoms with Crippen molar-refractivity contribution in [2.45, 2.75) is 30.8 Å². The van der Waals surface area contributed by atoms with Crippen molar-refractivity contribution < 1.29 is 4.74 Å². The van der Waals surface area contributed by atoms with E-state index in [1.54, 1.807) is 0 Å². The van der Waals surface area contributed by atoms with Crippen LogP contribution in [0.3, 0.4) is 0 Å². The minimum atomic E-state index is 0.294. The third kappa shape index (κ3) is 2.38. The van der Waals surface area contributed by atoms with Gasteiger partial charge in [0.15, 0.2) is 0 Å². The van der Waals surface area contributed by atoms with Crippen LogP contribution in [0.15, 0.2) is 18.3 Å². The summed E-state index contributed by atoms with van der Waals surface area (Å²) in [6, 6.07) is 4.62. The average Bonchev–Trinajstić information content (AvgIpc) is 2.75. The lowest BCUT2D eigenvalue weighted by Crippen LogP contribution is -2.37. The second-order valence-corrected chi connectivity index (χ2v) is 4.76. The molecule has 0 saturated carbocycles. The van der Waals surface area contributed by atoms with E-state index in [0.717, 1.165) is 24.2 Å². The summed E-state index contributed by atoms with van der Waals surface area (Å²) in [5.74, 6) is 1.02. The maximum atomic E-state index is 5.58. The van der Waals surface area contributed by atoms with Crippen LogP contribution in [-0.4, -0.2) is 30.8 Å². The van der Waals surface area contributed by atoms with Gasteiger partial charge in [-0.25, -0.2) is 4.98 Å². The topological polar surface area (TPSA) is 25.4 Å². The summed E-state index contributed by atoms with van der Waals surface area (Å²) in [5.41, 5.74) is 1.20. The monoisotopic (exact) mass is 284 g/mol. The van der Waals surface area contributed by atoms with Crippen LogP contribution < -0.4 is 4.90 Å². The molecule has 0 spiro atoms. The number of anilines is 1. The third-order valence-corrected chi connectivity index (χ3v) is 3.81. The molecule has 2 rings (SSSR count). The van der Waals surface area contributed by atoms with Crippen LogP contribution in [0.1, 0.15) is 18.9 Å². The Hall–Kier alpha value is -0.610. The number of rotatable bonds is 3. The molecule has 0 radical (unpaired) electrons. The highest BCUT2D eigenvalue weighted by atomic mass is 79.9. The standard InChI is InChI=1S/C12H17BrN2O/c1-9-11(5-6-16-9)15(2)12-4-3-10(7-13)8-14-12/h3-4,8-9,11H,5-7H2,1-2H3. The zero-order valence-electron chi connectivity index (χ0n) is 9.69. The summed E-state index contributed by atoms with van der Waals surface area (Å²) in [7, 11) is 2.09. The van der Waals surface area contributed by atoms with Gasteiger partial charge < -0.3 is 9.64 Å². The molecule has 0 aliphatic carbocycles. The van der Waals surface area contributed by atoms with E-state index in [-0.39, 0.29) is 0 Å². The maximum absolute atomic E-state index is 5.58. The lowest BCUT2D eigenvalue weighted by Gasteiger charge is -2.27. The molecule has 2 unspecified atom stereocenters. The van der Waals surface area contributed by atoms with Gasteiger partial charge in [-0.2, -0.15) is 0 Å². The van der Waals surface area contributed by atoms with Gasteiger partial charge in [-0.1, -0.05) is 22.0 Å². The SMILES string of the molecule is CC1OCCC1N(C)c1ccc(CBr)cn1. The second kappa shape index (κ2) is 5.15. The molecule has 0 bridgehead atoms. The molecule has 4 heteroatoms. The van der Waals surface area contributed by atoms with Crippen LogP contribution >= 0.6 is 15.9 Å². The predicted octanol–water partition coefficient (Wildman–Crippen LogP) is 2.59. The number of nitrogens with zero attached hydrogens (tertiary/aromatic N) is 2. The summed E-state index contributed by atoms with van der Waals surface area (Å²) < 4.78 is 5.58. The fourth-order valence-electron chi connectivity index (χ4n) is 2.10. The number of aromatic nitrogens is 1. The largest absolute Gasteiger partial charge is 0.376 e. The molecule has 1 aliphatic rings. The first-order chi connectivity index (χ1) is 7.72. The van der Waals surface area contributed by atoms with E-state index < -0.39 is 0 Å². The van der Waals surface area contributed by atoms with Crippen molar-refractivity contribution >= 4 is 21.7 Å². The van der Waals surface area contributed by atoms with E-state index in [0.29, 0.717) is 12.1 Å². The van der Waals surface area contributed by atoms with E-state index in [9.17, 15) is 0 Å². The highest BCUT2D eigenvalue weighted by Gasteiger charge is 2.28. The van der Waals surface area contributed by atoms with Gasteiger partial charge in [0.2, 0.25) is 0 Å². The van der Waals surface area contributed by atoms with Crippen molar-refractivity contribution in [2.24, 2.45) is 0 Å². The fourth-order valence-corrected chi connectivity index (χ4v) is 2.43. The summed E-state index contributed by atoms with van der Waals surface area (Å²) in [6.07, 6.45) is 3.29. The van der Waals surface area contributed by atoms with Gasteiger partial charge in [-0.15, -0.1) is 0 Å². The van der Waals surface area contributed by atoms with Crippen molar-refractivity contribution in [3.8, 4) is 0 Å². The van der Waals surface area contributed by atoms with Crippen LogP contribution in [0.2, 0.25) is 0 Å². The Balaban J connectivity index is 2.10. The molecule has 1 aromatic rings. The van der Waals surface area contributed by atoms with E-state index in [1.807, 2.05) is 6.20 Å². The van der Waals surface area contributed by atoms with E-state index >= 15 is 0 Å². The van der Waals surface area contributed by atoms with Crippen molar-refractivity contribution in [2.75, 3.05) is 18.6 Å². The Labute approximate surface area is 105 Å². The van der Waals surface area contributed by atoms with Gasteiger partial charge in [0.25, 0.3) is 0 Å². The zero-order chi connectivity index (χ0) is 11.5. The van der Waals surface area contributed by atoms with Crippen LogP contribution in [0.4, 0.5) is 5.82 Å². The van der Waals surface area contributed by atoms with Crippen molar-refractivity contribution in [3.63, 3.8) is 0 Å². The number of hydrogen-bond acceptors (Lipinski definition) is 3. The fraction of sp³-hybridized carbons (Fsp3) is 0.583. The Morgan fingerprint density at radius 1 is 1.56 bits per heavy atom. The molecule has 1 fully saturated rings. The molecule has 88 valence electrons. The van der Waals surface area contributed by atoms with E-state index in [2.05, 4.69) is 51.9 Å². The molecule has 2 atom stereocenters. The first kappa shape index (κ1) is 11.9. The molecule has 16 heavy (non-hydrogen) atoms. The van der Waals surface area contributed by atoms with E-state index in [1.165, 1.54) is 5.56 Å². The summed E-state index contributed by atoms with van der Waals surface area (Å²) in [4.78, 5) is 6.69. The molecule has 0 aromatic carbocycles. The van der Waals surface area contributed by atoms with Gasteiger partial charge in [0.1, 0.15) is 5.82 Å². The highest BCUT2D eigenvalue weighted by molar-refractivity contribution is 9.08. The second-order valence-electron chi connectivity index (χ2n) is 4.20. The Morgan fingerprint density at radius 2 is 2.38 bits per heavy atom. The predicted molar refractivity (Wildman–Crippen MR) is 69.1 cm³/mol. The molecule has 0 amide bonds. The zero-order valence-corrected chi connectivity index (χ0v) is 11.3. The number of pyridine rings is 1. The maximum Gasteiger partial charge on any atom is 0.128 e. The number of alkyl halides is 1. The first-order valence-electron chi connectivity index (χ1n) is 5.57. The van der Waals surface area contributed by atoms with Gasteiger partial charge in [0.05, 0.1) is 12.1 Å². The van der Waals surface area contributed by atoms with Crippen LogP contribution in [0.5, 0.6) is 0 Å². The summed E-state index contributed by atoms with van der Waals surface area (Å²) >= 11 is 3.42. The summed E-state index contributed by atoms with van der Waals surface area (Å²) in [5, 5.41) is 0.854. The minimum absolute atomic E-state index is 0.294. The summed E-state index contributed by atoms with van der Waals surface area (Å²) in [6.45, 7) is 2.98. The normalized spacial score (nSPS) is 24.7. The van der Waals surface area contributed by atoms with Gasteiger partial charge >= 0.3 is 0 Å². The van der Waals surface area contributed by atoms with Crippen LogP contribution in [-0.2, 0) is 10.1 Å². The van der Waals surface area contributed by atoms with E-state index in [4.69, 9.17) is 4.74 Å². The molecular formula is C12H17BrN2O. The Morgan fingerprint density at radius 3 is 2.88 bits per heavy atom. The van der Waals surface area contributed by atoms with Gasteiger partial charge in [-0.3, -0.25) is 0 Å². The Kier molecular flexibility index (Phi) is 3.82. The molecule has 3 nitrogen and oxygen atoms in total. The van der Waals surface area contributed by atoms with Crippen molar-refractivity contribution in [3.05, 3.63) is 23.9 Å². The highest BCUT2D eigenvalue weighted by Crippen LogP contribution is 2.22. The molecule has 1 aromatic heterocycles. The first-order valence-corrected chi connectivity index (χ1v) is 6.70. The average molecular weight is 285 g/mol. The van der Waals surface area contributed by atoms with Crippen molar-refractivity contribution in [1.82, 2.24) is 4.98 Å². The minimum Gasteiger partial charge on any atom is -0.376 e. The number of hydrogen-bond donors (Lipinski definition) is 0. The molecule has 1 aliphatic heterocycles. The lowest BCUT2D eigenvalue weighted by atomic mass is 10.1.